The Balaban J connectivity index is 2.22. The molecule has 1 aromatic rings. The summed E-state index contributed by atoms with van der Waals surface area (Å²) < 4.78 is 26.6. The zero-order valence-corrected chi connectivity index (χ0v) is 12.5. The molecule has 0 spiro atoms. The van der Waals surface area contributed by atoms with E-state index in [1.807, 2.05) is 30.3 Å². The molecule has 104 valence electrons. The van der Waals surface area contributed by atoms with Gasteiger partial charge in [-0.05, 0) is 44.7 Å². The second-order valence-corrected chi connectivity index (χ2v) is 8.36. The van der Waals surface area contributed by atoms with E-state index >= 15 is 0 Å². The highest BCUT2D eigenvalue weighted by atomic mass is 32.2. The summed E-state index contributed by atoms with van der Waals surface area (Å²) in [5.74, 6) is 0. The van der Waals surface area contributed by atoms with E-state index in [0.717, 1.165) is 24.0 Å². The first-order chi connectivity index (χ1) is 8.81. The molecule has 0 saturated heterocycles. The molecule has 2 rings (SSSR count). The zero-order chi connectivity index (χ0) is 14.1. The molecule has 0 amide bonds. The van der Waals surface area contributed by atoms with E-state index in [1.54, 1.807) is 20.8 Å². The molecule has 1 unspecified atom stereocenters. The number of hydrogen-bond donors (Lipinski definition) is 1. The Bertz CT molecular complexity index is 568. The lowest BCUT2D eigenvalue weighted by Crippen LogP contribution is -2.44. The fourth-order valence-corrected chi connectivity index (χ4v) is 3.11. The number of hydrogen-bond acceptors (Lipinski definition) is 2. The molecular weight excluding hydrogens is 258 g/mol. The number of rotatable bonds is 3. The summed E-state index contributed by atoms with van der Waals surface area (Å²) in [5, 5.41) is 0. The fourth-order valence-electron chi connectivity index (χ4n) is 2.14. The van der Waals surface area contributed by atoms with Crippen molar-refractivity contribution in [1.29, 1.82) is 0 Å². The monoisotopic (exact) mass is 279 g/mol. The molecule has 0 saturated carbocycles. The van der Waals surface area contributed by atoms with Gasteiger partial charge < -0.3 is 0 Å². The molecule has 0 fully saturated rings. The molecule has 3 nitrogen and oxygen atoms in total. The quantitative estimate of drug-likeness (QED) is 0.924. The first-order valence-electron chi connectivity index (χ1n) is 6.58. The minimum atomic E-state index is -3.31. The van der Waals surface area contributed by atoms with Crippen LogP contribution in [0.5, 0.6) is 0 Å². The van der Waals surface area contributed by atoms with Gasteiger partial charge in [0, 0.05) is 6.04 Å². The Morgan fingerprint density at radius 3 is 2.37 bits per heavy atom. The van der Waals surface area contributed by atoms with Crippen molar-refractivity contribution in [2.45, 2.75) is 44.4 Å². The summed E-state index contributed by atoms with van der Waals surface area (Å²) >= 11 is 0. The van der Waals surface area contributed by atoms with E-state index in [4.69, 9.17) is 0 Å². The van der Waals surface area contributed by atoms with Crippen LogP contribution in [0.3, 0.4) is 0 Å². The normalized spacial score (nSPS) is 20.4. The van der Waals surface area contributed by atoms with Gasteiger partial charge in [-0.25, -0.2) is 13.1 Å². The molecule has 1 N–H and O–H groups in total. The highest BCUT2D eigenvalue weighted by molar-refractivity contribution is 7.90. The Hall–Kier alpha value is -1.13. The molecule has 0 heterocycles. The van der Waals surface area contributed by atoms with Crippen LogP contribution >= 0.6 is 0 Å². The van der Waals surface area contributed by atoms with Crippen molar-refractivity contribution < 1.29 is 8.42 Å². The van der Waals surface area contributed by atoms with E-state index < -0.39 is 14.8 Å². The van der Waals surface area contributed by atoms with Gasteiger partial charge in [0.05, 0.1) is 4.75 Å². The maximum absolute atomic E-state index is 12.2. The number of sulfonamides is 1. The van der Waals surface area contributed by atoms with Crippen molar-refractivity contribution in [1.82, 2.24) is 4.72 Å². The molecule has 19 heavy (non-hydrogen) atoms. The van der Waals surface area contributed by atoms with Crippen molar-refractivity contribution in [3.63, 3.8) is 0 Å². The second kappa shape index (κ2) is 5.10. The van der Waals surface area contributed by atoms with E-state index in [9.17, 15) is 8.42 Å². The summed E-state index contributed by atoms with van der Waals surface area (Å²) in [6, 6.07) is 9.86. The average molecular weight is 279 g/mol. The summed E-state index contributed by atoms with van der Waals surface area (Å²) in [7, 11) is -3.31. The third kappa shape index (κ3) is 3.07. The van der Waals surface area contributed by atoms with Crippen molar-refractivity contribution in [3.8, 4) is 0 Å². The number of allylic oxidation sites excluding steroid dienone is 1. The molecule has 0 bridgehead atoms. The van der Waals surface area contributed by atoms with Crippen molar-refractivity contribution >= 4 is 15.6 Å². The second-order valence-electron chi connectivity index (χ2n) is 5.89. The largest absolute Gasteiger partial charge is 0.217 e. The lowest BCUT2D eigenvalue weighted by Gasteiger charge is -2.24. The first-order valence-corrected chi connectivity index (χ1v) is 8.07. The SMILES string of the molecule is CC(C)(C)S(=O)(=O)NC1CCC=C1c1ccccc1. The smallest absolute Gasteiger partial charge is 0.212 e. The Labute approximate surface area is 115 Å². The van der Waals surface area contributed by atoms with Crippen molar-refractivity contribution in [3.05, 3.63) is 42.0 Å². The van der Waals surface area contributed by atoms with E-state index in [2.05, 4.69) is 10.8 Å². The maximum Gasteiger partial charge on any atom is 0.217 e. The van der Waals surface area contributed by atoms with Crippen LogP contribution in [0.25, 0.3) is 5.57 Å². The highest BCUT2D eigenvalue weighted by Gasteiger charge is 2.33. The van der Waals surface area contributed by atoms with Gasteiger partial charge in [0.25, 0.3) is 0 Å². The van der Waals surface area contributed by atoms with Crippen LogP contribution in [0.2, 0.25) is 0 Å². The minimum Gasteiger partial charge on any atom is -0.212 e. The van der Waals surface area contributed by atoms with Crippen LogP contribution in [0, 0.1) is 0 Å². The van der Waals surface area contributed by atoms with Gasteiger partial charge >= 0.3 is 0 Å². The Morgan fingerprint density at radius 2 is 1.79 bits per heavy atom. The molecule has 0 radical (unpaired) electrons. The van der Waals surface area contributed by atoms with E-state index in [1.165, 1.54) is 0 Å². The van der Waals surface area contributed by atoms with Crippen LogP contribution in [0.15, 0.2) is 36.4 Å². The van der Waals surface area contributed by atoms with Crippen LogP contribution in [-0.4, -0.2) is 19.2 Å². The lowest BCUT2D eigenvalue weighted by molar-refractivity contribution is 0.535. The third-order valence-corrected chi connectivity index (χ3v) is 5.61. The van der Waals surface area contributed by atoms with Crippen molar-refractivity contribution in [2.75, 3.05) is 0 Å². The van der Waals surface area contributed by atoms with Crippen LogP contribution in [-0.2, 0) is 10.0 Å². The van der Waals surface area contributed by atoms with E-state index in [0.29, 0.717) is 0 Å². The number of nitrogens with one attached hydrogen (secondary N) is 1. The van der Waals surface area contributed by atoms with Gasteiger partial charge in [0.1, 0.15) is 0 Å². The number of benzene rings is 1. The lowest BCUT2D eigenvalue weighted by atomic mass is 10.0. The summed E-state index contributed by atoms with van der Waals surface area (Å²) in [4.78, 5) is 0. The summed E-state index contributed by atoms with van der Waals surface area (Å²) in [6.07, 6.45) is 3.88. The van der Waals surface area contributed by atoms with E-state index in [-0.39, 0.29) is 6.04 Å². The molecule has 0 aromatic heterocycles. The Morgan fingerprint density at radius 1 is 1.16 bits per heavy atom. The van der Waals surface area contributed by atoms with Gasteiger partial charge in [-0.15, -0.1) is 0 Å². The molecule has 0 aliphatic heterocycles. The Kier molecular flexibility index (Phi) is 3.83. The van der Waals surface area contributed by atoms with Crippen LogP contribution < -0.4 is 4.72 Å². The summed E-state index contributed by atoms with van der Waals surface area (Å²) in [6.45, 7) is 5.16. The predicted octanol–water partition coefficient (Wildman–Crippen LogP) is 2.95. The van der Waals surface area contributed by atoms with Crippen LogP contribution in [0.1, 0.15) is 39.2 Å². The molecule has 1 aromatic carbocycles. The van der Waals surface area contributed by atoms with Gasteiger partial charge in [-0.3, -0.25) is 0 Å². The van der Waals surface area contributed by atoms with Gasteiger partial charge in [0.2, 0.25) is 10.0 Å². The topological polar surface area (TPSA) is 46.2 Å². The van der Waals surface area contributed by atoms with Gasteiger partial charge in [-0.1, -0.05) is 36.4 Å². The van der Waals surface area contributed by atoms with Gasteiger partial charge in [-0.2, -0.15) is 0 Å². The highest BCUT2D eigenvalue weighted by Crippen LogP contribution is 2.29. The average Bonchev–Trinajstić information content (AvgIpc) is 2.76. The molecule has 4 heteroatoms. The molecule has 1 aliphatic rings. The third-order valence-electron chi connectivity index (χ3n) is 3.41. The standard InChI is InChI=1S/C15H21NO2S/c1-15(2,3)19(17,18)16-14-11-7-10-13(14)12-8-5-4-6-9-12/h4-6,8-10,14,16H,7,11H2,1-3H3. The minimum absolute atomic E-state index is 0.105. The van der Waals surface area contributed by atoms with Crippen LogP contribution in [0.4, 0.5) is 0 Å². The molecule has 1 atom stereocenters. The maximum atomic E-state index is 12.2. The molecular formula is C15H21NO2S. The van der Waals surface area contributed by atoms with Gasteiger partial charge in [0.15, 0.2) is 0 Å². The fraction of sp³-hybridized carbons (Fsp3) is 0.467. The molecule has 1 aliphatic carbocycles. The van der Waals surface area contributed by atoms with Crippen molar-refractivity contribution in [2.24, 2.45) is 0 Å². The predicted molar refractivity (Wildman–Crippen MR) is 79.2 cm³/mol. The summed E-state index contributed by atoms with van der Waals surface area (Å²) in [5.41, 5.74) is 2.19. The zero-order valence-electron chi connectivity index (χ0n) is 11.7. The first kappa shape index (κ1) is 14.3.